The van der Waals surface area contributed by atoms with Crippen molar-refractivity contribution in [3.63, 3.8) is 0 Å². The summed E-state index contributed by atoms with van der Waals surface area (Å²) in [6.07, 6.45) is -5.92. The Hall–Kier alpha value is -1.38. The molecular weight excluding hydrogens is 278 g/mol. The first-order chi connectivity index (χ1) is 10.1. The molecule has 1 aromatic rings. The van der Waals surface area contributed by atoms with Crippen molar-refractivity contribution < 1.29 is 29.9 Å². The molecule has 0 aliphatic carbocycles. The summed E-state index contributed by atoms with van der Waals surface area (Å²) in [7, 11) is 0. The van der Waals surface area contributed by atoms with Crippen LogP contribution in [0.1, 0.15) is 6.92 Å². The lowest BCUT2D eigenvalue weighted by atomic mass is 9.98. The molecule has 118 valence electrons. The highest BCUT2D eigenvalue weighted by Gasteiger charge is 2.43. The summed E-state index contributed by atoms with van der Waals surface area (Å²) >= 11 is 0. The number of aliphatic hydroxyl groups excluding tert-OH is 4. The number of anilines is 1. The highest BCUT2D eigenvalue weighted by atomic mass is 16.6. The highest BCUT2D eigenvalue weighted by Crippen LogP contribution is 2.24. The van der Waals surface area contributed by atoms with Crippen molar-refractivity contribution in [2.75, 3.05) is 18.5 Å². The topological polar surface area (TPSA) is 111 Å². The van der Waals surface area contributed by atoms with Gasteiger partial charge in [0.05, 0.1) is 13.2 Å². The first-order valence-electron chi connectivity index (χ1n) is 6.86. The van der Waals surface area contributed by atoms with Gasteiger partial charge in [0.1, 0.15) is 30.2 Å². The number of benzene rings is 1. The van der Waals surface area contributed by atoms with Crippen LogP contribution >= 0.6 is 0 Å². The number of nitrogens with one attached hydrogen (secondary N) is 1. The van der Waals surface area contributed by atoms with Gasteiger partial charge in [-0.25, -0.2) is 0 Å². The monoisotopic (exact) mass is 299 g/mol. The number of hydrogen-bond donors (Lipinski definition) is 5. The molecular formula is C14H21NO6. The van der Waals surface area contributed by atoms with Crippen molar-refractivity contribution in [2.45, 2.75) is 37.6 Å². The SMILES string of the molecule is CCOc1ccc(NC2OC(CO)C(O)C(O)C2O)cc1. The highest BCUT2D eigenvalue weighted by molar-refractivity contribution is 5.47. The Labute approximate surface area is 122 Å². The number of aliphatic hydroxyl groups is 4. The summed E-state index contributed by atoms with van der Waals surface area (Å²) in [5, 5.41) is 41.4. The van der Waals surface area contributed by atoms with Crippen molar-refractivity contribution in [2.24, 2.45) is 0 Å². The Morgan fingerprint density at radius 2 is 1.76 bits per heavy atom. The van der Waals surface area contributed by atoms with Crippen LogP contribution in [0.3, 0.4) is 0 Å². The van der Waals surface area contributed by atoms with E-state index in [0.717, 1.165) is 5.75 Å². The van der Waals surface area contributed by atoms with Gasteiger partial charge in [0.15, 0.2) is 6.23 Å². The van der Waals surface area contributed by atoms with E-state index in [9.17, 15) is 15.3 Å². The lowest BCUT2D eigenvalue weighted by Crippen LogP contribution is -2.60. The van der Waals surface area contributed by atoms with Gasteiger partial charge in [-0.05, 0) is 31.2 Å². The van der Waals surface area contributed by atoms with Crippen LogP contribution in [0.15, 0.2) is 24.3 Å². The van der Waals surface area contributed by atoms with E-state index >= 15 is 0 Å². The summed E-state index contributed by atoms with van der Waals surface area (Å²) < 4.78 is 10.7. The van der Waals surface area contributed by atoms with E-state index in [0.29, 0.717) is 12.3 Å². The summed E-state index contributed by atoms with van der Waals surface area (Å²) in [5.74, 6) is 0.719. The fourth-order valence-corrected chi connectivity index (χ4v) is 2.20. The van der Waals surface area contributed by atoms with Gasteiger partial charge in [0.2, 0.25) is 0 Å². The van der Waals surface area contributed by atoms with Gasteiger partial charge in [-0.1, -0.05) is 0 Å². The Kier molecular flexibility index (Phi) is 5.38. The molecule has 0 saturated carbocycles. The maximum absolute atomic E-state index is 9.92. The first kappa shape index (κ1) is 16.0. The molecule has 0 bridgehead atoms. The first-order valence-corrected chi connectivity index (χ1v) is 6.86. The second-order valence-corrected chi connectivity index (χ2v) is 4.85. The van der Waals surface area contributed by atoms with E-state index in [1.807, 2.05) is 6.92 Å². The molecule has 1 saturated heterocycles. The minimum Gasteiger partial charge on any atom is -0.494 e. The van der Waals surface area contributed by atoms with E-state index in [2.05, 4.69) is 5.32 Å². The van der Waals surface area contributed by atoms with Crippen LogP contribution in [0, 0.1) is 0 Å². The van der Waals surface area contributed by atoms with Gasteiger partial charge in [0.25, 0.3) is 0 Å². The molecule has 2 rings (SSSR count). The minimum atomic E-state index is -1.39. The molecule has 0 amide bonds. The molecule has 21 heavy (non-hydrogen) atoms. The molecule has 5 unspecified atom stereocenters. The Balaban J connectivity index is 2.03. The number of ether oxygens (including phenoxy) is 2. The van der Waals surface area contributed by atoms with Gasteiger partial charge in [-0.3, -0.25) is 0 Å². The maximum Gasteiger partial charge on any atom is 0.157 e. The quantitative estimate of drug-likeness (QED) is 0.489. The van der Waals surface area contributed by atoms with Crippen molar-refractivity contribution in [1.29, 1.82) is 0 Å². The third kappa shape index (κ3) is 3.63. The Morgan fingerprint density at radius 3 is 2.33 bits per heavy atom. The second kappa shape index (κ2) is 7.06. The number of hydrogen-bond acceptors (Lipinski definition) is 7. The second-order valence-electron chi connectivity index (χ2n) is 4.85. The van der Waals surface area contributed by atoms with E-state index in [4.69, 9.17) is 14.6 Å². The minimum absolute atomic E-state index is 0.452. The Morgan fingerprint density at radius 1 is 1.10 bits per heavy atom. The zero-order chi connectivity index (χ0) is 15.4. The fraction of sp³-hybridized carbons (Fsp3) is 0.571. The average molecular weight is 299 g/mol. The molecule has 1 aromatic carbocycles. The predicted octanol–water partition coefficient (Wildman–Crippen LogP) is -0.703. The van der Waals surface area contributed by atoms with Crippen molar-refractivity contribution in [3.05, 3.63) is 24.3 Å². The fourth-order valence-electron chi connectivity index (χ4n) is 2.20. The lowest BCUT2D eigenvalue weighted by molar-refractivity contribution is -0.221. The summed E-state index contributed by atoms with van der Waals surface area (Å²) in [5.41, 5.74) is 0.655. The van der Waals surface area contributed by atoms with Crippen LogP contribution in [-0.2, 0) is 4.74 Å². The predicted molar refractivity (Wildman–Crippen MR) is 75.0 cm³/mol. The van der Waals surface area contributed by atoms with E-state index in [1.54, 1.807) is 24.3 Å². The van der Waals surface area contributed by atoms with Crippen LogP contribution in [0.5, 0.6) is 5.75 Å². The maximum atomic E-state index is 9.92. The zero-order valence-electron chi connectivity index (χ0n) is 11.7. The molecule has 1 heterocycles. The molecule has 5 atom stereocenters. The van der Waals surface area contributed by atoms with Gasteiger partial charge >= 0.3 is 0 Å². The van der Waals surface area contributed by atoms with Crippen molar-refractivity contribution >= 4 is 5.69 Å². The summed E-state index contributed by atoms with van der Waals surface area (Å²) in [6.45, 7) is 2.01. The van der Waals surface area contributed by atoms with Crippen LogP contribution in [0.4, 0.5) is 5.69 Å². The molecule has 1 aliphatic heterocycles. The third-order valence-electron chi connectivity index (χ3n) is 3.37. The normalized spacial score (nSPS) is 32.7. The zero-order valence-corrected chi connectivity index (χ0v) is 11.7. The average Bonchev–Trinajstić information content (AvgIpc) is 2.50. The van der Waals surface area contributed by atoms with E-state index < -0.39 is 37.3 Å². The van der Waals surface area contributed by atoms with Gasteiger partial charge in [-0.2, -0.15) is 0 Å². The third-order valence-corrected chi connectivity index (χ3v) is 3.37. The van der Waals surface area contributed by atoms with Crippen LogP contribution in [0.2, 0.25) is 0 Å². The van der Waals surface area contributed by atoms with Crippen molar-refractivity contribution in [1.82, 2.24) is 0 Å². The van der Waals surface area contributed by atoms with Gasteiger partial charge in [-0.15, -0.1) is 0 Å². The largest absolute Gasteiger partial charge is 0.494 e. The Bertz CT molecular complexity index is 438. The van der Waals surface area contributed by atoms with Crippen LogP contribution in [0.25, 0.3) is 0 Å². The standard InChI is InChI=1S/C14H21NO6/c1-2-20-9-5-3-8(4-6-9)15-14-13(19)12(18)11(17)10(7-16)21-14/h3-6,10-19H,2,7H2,1H3. The van der Waals surface area contributed by atoms with Crippen LogP contribution in [-0.4, -0.2) is 64.3 Å². The van der Waals surface area contributed by atoms with Crippen molar-refractivity contribution in [3.8, 4) is 5.75 Å². The molecule has 7 nitrogen and oxygen atoms in total. The lowest BCUT2D eigenvalue weighted by Gasteiger charge is -2.40. The molecule has 1 fully saturated rings. The molecule has 0 radical (unpaired) electrons. The number of rotatable bonds is 5. The smallest absolute Gasteiger partial charge is 0.157 e. The molecule has 0 aromatic heterocycles. The molecule has 7 heteroatoms. The van der Waals surface area contributed by atoms with Gasteiger partial charge in [0, 0.05) is 5.69 Å². The molecule has 5 N–H and O–H groups in total. The molecule has 0 spiro atoms. The van der Waals surface area contributed by atoms with Gasteiger partial charge < -0.3 is 35.2 Å². The van der Waals surface area contributed by atoms with E-state index in [1.165, 1.54) is 0 Å². The molecule has 1 aliphatic rings. The van der Waals surface area contributed by atoms with Crippen LogP contribution < -0.4 is 10.1 Å². The van der Waals surface area contributed by atoms with E-state index in [-0.39, 0.29) is 0 Å². The summed E-state index contributed by atoms with van der Waals surface area (Å²) in [6, 6.07) is 7.00. The summed E-state index contributed by atoms with van der Waals surface area (Å²) in [4.78, 5) is 0.